The molecule has 0 fully saturated rings. The van der Waals surface area contributed by atoms with E-state index >= 15 is 0 Å². The van der Waals surface area contributed by atoms with E-state index < -0.39 is 8.25 Å². The van der Waals surface area contributed by atoms with Crippen LogP contribution >= 0.6 is 8.25 Å². The average molecular weight is 209 g/mol. The molecule has 0 aliphatic heterocycles. The number of rotatable bonds is 6. The first-order valence-electron chi connectivity index (χ1n) is 4.95. The number of hydrogen-bond donors (Lipinski definition) is 0. The molecular weight excluding hydrogens is 187 g/mol. The average Bonchev–Trinajstić information content (AvgIpc) is 2.12. The van der Waals surface area contributed by atoms with Crippen LogP contribution in [0.2, 0.25) is 0 Å². The molecule has 0 bridgehead atoms. The summed E-state index contributed by atoms with van der Waals surface area (Å²) in [6.07, 6.45) is 2.99. The van der Waals surface area contributed by atoms with Crippen molar-refractivity contribution >= 4 is 8.25 Å². The second-order valence-corrected chi connectivity index (χ2v) is 3.56. The van der Waals surface area contributed by atoms with Crippen molar-refractivity contribution in [1.82, 2.24) is 0 Å². The summed E-state index contributed by atoms with van der Waals surface area (Å²) in [6.45, 7) is 9.20. The van der Waals surface area contributed by atoms with E-state index in [2.05, 4.69) is 13.8 Å². The van der Waals surface area contributed by atoms with Gasteiger partial charge in [0, 0.05) is 4.57 Å². The van der Waals surface area contributed by atoms with Gasteiger partial charge >= 0.3 is 8.25 Å². The topological polar surface area (TPSA) is 35.5 Å². The highest BCUT2D eigenvalue weighted by Crippen LogP contribution is 2.23. The van der Waals surface area contributed by atoms with Crippen LogP contribution in [-0.4, -0.2) is 13.2 Å². The maximum absolute atomic E-state index is 10.7. The molecule has 0 amide bonds. The van der Waals surface area contributed by atoms with Crippen molar-refractivity contribution in [3.8, 4) is 0 Å². The second kappa shape index (κ2) is 14.5. The molecule has 0 radical (unpaired) electrons. The zero-order valence-corrected chi connectivity index (χ0v) is 10.1. The Kier molecular flexibility index (Phi) is 17.3. The van der Waals surface area contributed by atoms with Gasteiger partial charge in [-0.2, -0.15) is 0 Å². The third-order valence-electron chi connectivity index (χ3n) is 0.802. The van der Waals surface area contributed by atoms with E-state index in [1.807, 2.05) is 13.8 Å². The molecule has 0 rings (SSSR count). The second-order valence-electron chi connectivity index (χ2n) is 2.60. The van der Waals surface area contributed by atoms with Crippen molar-refractivity contribution in [2.24, 2.45) is 0 Å². The van der Waals surface area contributed by atoms with Crippen LogP contribution in [0.5, 0.6) is 0 Å². The van der Waals surface area contributed by atoms with Gasteiger partial charge in [-0.05, 0) is 12.8 Å². The summed E-state index contributed by atoms with van der Waals surface area (Å²) in [7, 11) is -1.84. The van der Waals surface area contributed by atoms with Gasteiger partial charge < -0.3 is 0 Å². The quantitative estimate of drug-likeness (QED) is 0.622. The first-order valence-corrected chi connectivity index (χ1v) is 6.05. The van der Waals surface area contributed by atoms with Gasteiger partial charge in [0.15, 0.2) is 0 Å². The molecule has 0 unspecified atom stereocenters. The first-order chi connectivity index (χ1) is 6.22. The zero-order valence-electron chi connectivity index (χ0n) is 9.21. The third kappa shape index (κ3) is 18.8. The van der Waals surface area contributed by atoms with Gasteiger partial charge in [0.05, 0.1) is 0 Å². The molecule has 3 nitrogen and oxygen atoms in total. The molecule has 13 heavy (non-hydrogen) atoms. The highest BCUT2D eigenvalue weighted by atomic mass is 31.1. The largest absolute Gasteiger partial charge is 0.697 e. The lowest BCUT2D eigenvalue weighted by Crippen LogP contribution is -1.87. The van der Waals surface area contributed by atoms with Crippen molar-refractivity contribution in [3.05, 3.63) is 0 Å². The smallest absolute Gasteiger partial charge is 0.119 e. The molecule has 0 aliphatic rings. The Hall–Kier alpha value is 0.0200. The van der Waals surface area contributed by atoms with Crippen molar-refractivity contribution < 1.29 is 13.6 Å². The normalized spacial score (nSPS) is 8.92. The minimum Gasteiger partial charge on any atom is -0.119 e. The van der Waals surface area contributed by atoms with Gasteiger partial charge in [0.25, 0.3) is 0 Å². The van der Waals surface area contributed by atoms with Crippen molar-refractivity contribution in [2.75, 3.05) is 13.2 Å². The summed E-state index contributed by atoms with van der Waals surface area (Å²) in [5.41, 5.74) is 0. The lowest BCUT2D eigenvalue weighted by molar-refractivity contribution is 0.226. The summed E-state index contributed by atoms with van der Waals surface area (Å²) in [4.78, 5) is 0. The Bertz CT molecular complexity index is 97.0. The van der Waals surface area contributed by atoms with Gasteiger partial charge in [-0.25, -0.2) is 0 Å². The van der Waals surface area contributed by atoms with E-state index in [0.29, 0.717) is 13.2 Å². The minimum absolute atomic E-state index is 0.513. The van der Waals surface area contributed by atoms with Gasteiger partial charge in [-0.1, -0.05) is 34.1 Å². The van der Waals surface area contributed by atoms with E-state index in [-0.39, 0.29) is 0 Å². The molecule has 0 N–H and O–H groups in total. The van der Waals surface area contributed by atoms with E-state index in [9.17, 15) is 4.57 Å². The van der Waals surface area contributed by atoms with Gasteiger partial charge in [-0.15, -0.1) is 9.05 Å². The highest BCUT2D eigenvalue weighted by molar-refractivity contribution is 7.33. The monoisotopic (exact) mass is 209 g/mol. The molecule has 0 atom stereocenters. The van der Waals surface area contributed by atoms with Crippen LogP contribution in [0.25, 0.3) is 0 Å². The molecule has 0 aromatic rings. The third-order valence-corrected chi connectivity index (χ3v) is 1.59. The van der Waals surface area contributed by atoms with Crippen molar-refractivity contribution in [3.63, 3.8) is 0 Å². The van der Waals surface area contributed by atoms with Crippen LogP contribution in [0.3, 0.4) is 0 Å². The summed E-state index contributed by atoms with van der Waals surface area (Å²) < 4.78 is 20.2. The predicted octanol–water partition coefficient (Wildman–Crippen LogP) is 3.91. The van der Waals surface area contributed by atoms with Gasteiger partial charge in [-0.3, -0.25) is 0 Å². The Morgan fingerprint density at radius 1 is 0.923 bits per heavy atom. The Morgan fingerprint density at radius 3 is 1.46 bits per heavy atom. The molecule has 4 heteroatoms. The van der Waals surface area contributed by atoms with Crippen LogP contribution in [-0.2, 0) is 13.6 Å². The zero-order chi connectivity index (χ0) is 10.5. The molecule has 0 aromatic carbocycles. The molecule has 80 valence electrons. The lowest BCUT2D eigenvalue weighted by atomic mass is 10.5. The lowest BCUT2D eigenvalue weighted by Gasteiger charge is -1.85. The summed E-state index contributed by atoms with van der Waals surface area (Å²) >= 11 is 0. The molecule has 0 heterocycles. The first kappa shape index (κ1) is 15.5. The molecule has 0 aliphatic carbocycles. The molecular formula is C9H22O3P+. The molecule has 0 spiro atoms. The SMILES string of the molecule is CCC.CCCO[P+](=O)OCCC. The fraction of sp³-hybridized carbons (Fsp3) is 1.00. The van der Waals surface area contributed by atoms with E-state index in [4.69, 9.17) is 9.05 Å². The maximum Gasteiger partial charge on any atom is 0.697 e. The summed E-state index contributed by atoms with van der Waals surface area (Å²) in [6, 6.07) is 0. The van der Waals surface area contributed by atoms with Crippen molar-refractivity contribution in [2.45, 2.75) is 47.0 Å². The minimum atomic E-state index is -1.84. The highest BCUT2D eigenvalue weighted by Gasteiger charge is 2.17. The number of hydrogen-bond acceptors (Lipinski definition) is 3. The van der Waals surface area contributed by atoms with E-state index in [1.165, 1.54) is 6.42 Å². The molecule has 0 saturated carbocycles. The van der Waals surface area contributed by atoms with Crippen molar-refractivity contribution in [1.29, 1.82) is 0 Å². The molecule has 0 aromatic heterocycles. The summed E-state index contributed by atoms with van der Waals surface area (Å²) in [5.74, 6) is 0. The summed E-state index contributed by atoms with van der Waals surface area (Å²) in [5, 5.41) is 0. The Labute approximate surface area is 82.8 Å². The fourth-order valence-electron chi connectivity index (χ4n) is 0.369. The molecule has 0 saturated heterocycles. The van der Waals surface area contributed by atoms with Crippen LogP contribution in [0.15, 0.2) is 0 Å². The maximum atomic E-state index is 10.7. The van der Waals surface area contributed by atoms with Crippen LogP contribution in [0.4, 0.5) is 0 Å². The Morgan fingerprint density at radius 2 is 1.23 bits per heavy atom. The van der Waals surface area contributed by atoms with E-state index in [0.717, 1.165) is 12.8 Å². The van der Waals surface area contributed by atoms with E-state index in [1.54, 1.807) is 0 Å². The Balaban J connectivity index is 0. The van der Waals surface area contributed by atoms with Crippen LogP contribution in [0.1, 0.15) is 47.0 Å². The van der Waals surface area contributed by atoms with Gasteiger partial charge in [0.1, 0.15) is 13.2 Å². The fourth-order valence-corrected chi connectivity index (χ4v) is 1.11. The van der Waals surface area contributed by atoms with Gasteiger partial charge in [0.2, 0.25) is 0 Å². The van der Waals surface area contributed by atoms with Crippen LogP contribution in [0, 0.1) is 0 Å². The predicted molar refractivity (Wildman–Crippen MR) is 56.1 cm³/mol. The van der Waals surface area contributed by atoms with Crippen LogP contribution < -0.4 is 0 Å². The standard InChI is InChI=1S/C6H14O3P.C3H8/c1-3-5-8-10(7)9-6-4-2;1-3-2/h3-6H2,1-2H3;3H2,1-2H3/q+1;.